The van der Waals surface area contributed by atoms with Gasteiger partial charge in [0, 0.05) is 19.1 Å². The van der Waals surface area contributed by atoms with Crippen LogP contribution < -0.4 is 10.1 Å². The standard InChI is InChI=1S/C16H27N3O2/c1-5-17-15-12(4)16(19-14(18-15)11(2)3)21-10-13-8-6-7-9-20-13/h11,13H,5-10H2,1-4H3,(H,17,18,19). The predicted octanol–water partition coefficient (Wildman–Crippen LogP) is 3.29. The van der Waals surface area contributed by atoms with E-state index in [1.807, 2.05) is 6.92 Å². The topological polar surface area (TPSA) is 56.3 Å². The van der Waals surface area contributed by atoms with E-state index in [9.17, 15) is 0 Å². The molecule has 1 saturated heterocycles. The lowest BCUT2D eigenvalue weighted by atomic mass is 10.1. The van der Waals surface area contributed by atoms with Gasteiger partial charge in [-0.15, -0.1) is 0 Å². The number of rotatable bonds is 6. The van der Waals surface area contributed by atoms with Crippen molar-refractivity contribution in [2.75, 3.05) is 25.1 Å². The third-order valence-electron chi connectivity index (χ3n) is 3.66. The van der Waals surface area contributed by atoms with Crippen molar-refractivity contribution >= 4 is 5.82 Å². The monoisotopic (exact) mass is 293 g/mol. The van der Waals surface area contributed by atoms with E-state index in [1.165, 1.54) is 6.42 Å². The second kappa shape index (κ2) is 7.59. The quantitative estimate of drug-likeness (QED) is 0.872. The fraction of sp³-hybridized carbons (Fsp3) is 0.750. The molecule has 118 valence electrons. The molecule has 5 nitrogen and oxygen atoms in total. The molecule has 1 aliphatic rings. The van der Waals surface area contributed by atoms with Crippen molar-refractivity contribution in [1.29, 1.82) is 0 Å². The third kappa shape index (κ3) is 4.30. The Bertz CT molecular complexity index is 457. The maximum absolute atomic E-state index is 5.94. The van der Waals surface area contributed by atoms with Crippen LogP contribution in [0.1, 0.15) is 57.3 Å². The van der Waals surface area contributed by atoms with E-state index >= 15 is 0 Å². The Morgan fingerprint density at radius 1 is 1.33 bits per heavy atom. The van der Waals surface area contributed by atoms with Crippen molar-refractivity contribution in [3.8, 4) is 5.88 Å². The third-order valence-corrected chi connectivity index (χ3v) is 3.66. The van der Waals surface area contributed by atoms with E-state index in [0.717, 1.165) is 43.2 Å². The number of aromatic nitrogens is 2. The Labute approximate surface area is 127 Å². The van der Waals surface area contributed by atoms with Crippen LogP contribution in [0, 0.1) is 6.92 Å². The van der Waals surface area contributed by atoms with Crippen molar-refractivity contribution in [3.05, 3.63) is 11.4 Å². The molecule has 1 fully saturated rings. The van der Waals surface area contributed by atoms with Crippen LogP contribution in [-0.4, -0.2) is 35.8 Å². The first-order valence-corrected chi connectivity index (χ1v) is 7.98. The first-order valence-electron chi connectivity index (χ1n) is 7.98. The van der Waals surface area contributed by atoms with Crippen molar-refractivity contribution in [2.24, 2.45) is 0 Å². The lowest BCUT2D eigenvalue weighted by Gasteiger charge is -2.23. The molecule has 0 spiro atoms. The Balaban J connectivity index is 2.12. The maximum Gasteiger partial charge on any atom is 0.221 e. The summed E-state index contributed by atoms with van der Waals surface area (Å²) in [6, 6.07) is 0. The zero-order valence-electron chi connectivity index (χ0n) is 13.6. The minimum atomic E-state index is 0.193. The van der Waals surface area contributed by atoms with Crippen LogP contribution in [0.2, 0.25) is 0 Å². The summed E-state index contributed by atoms with van der Waals surface area (Å²) in [7, 11) is 0. The summed E-state index contributed by atoms with van der Waals surface area (Å²) in [4.78, 5) is 9.15. The molecule has 21 heavy (non-hydrogen) atoms. The molecular formula is C16H27N3O2. The zero-order valence-corrected chi connectivity index (χ0v) is 13.6. The molecule has 0 aromatic carbocycles. The minimum Gasteiger partial charge on any atom is -0.475 e. The number of anilines is 1. The smallest absolute Gasteiger partial charge is 0.221 e. The molecule has 0 aliphatic carbocycles. The van der Waals surface area contributed by atoms with E-state index in [0.29, 0.717) is 12.5 Å². The van der Waals surface area contributed by atoms with Gasteiger partial charge in [0.15, 0.2) is 0 Å². The highest BCUT2D eigenvalue weighted by Gasteiger charge is 2.18. The van der Waals surface area contributed by atoms with Crippen LogP contribution in [0.25, 0.3) is 0 Å². The van der Waals surface area contributed by atoms with E-state index in [2.05, 4.69) is 36.1 Å². The summed E-state index contributed by atoms with van der Waals surface area (Å²) in [5.41, 5.74) is 0.969. The Kier molecular flexibility index (Phi) is 5.79. The molecule has 2 rings (SSSR count). The summed E-state index contributed by atoms with van der Waals surface area (Å²) >= 11 is 0. The van der Waals surface area contributed by atoms with E-state index in [-0.39, 0.29) is 12.0 Å². The second-order valence-electron chi connectivity index (χ2n) is 5.85. The van der Waals surface area contributed by atoms with Gasteiger partial charge >= 0.3 is 0 Å². The molecule has 1 atom stereocenters. The lowest BCUT2D eigenvalue weighted by Crippen LogP contribution is -2.26. The summed E-state index contributed by atoms with van der Waals surface area (Å²) in [6.45, 7) is 10.5. The molecule has 1 aromatic rings. The number of hydrogen-bond donors (Lipinski definition) is 1. The average Bonchev–Trinajstić information content (AvgIpc) is 2.49. The normalized spacial score (nSPS) is 18.8. The largest absolute Gasteiger partial charge is 0.475 e. The van der Waals surface area contributed by atoms with Gasteiger partial charge in [-0.1, -0.05) is 13.8 Å². The molecule has 0 amide bonds. The van der Waals surface area contributed by atoms with E-state index in [1.54, 1.807) is 0 Å². The average molecular weight is 293 g/mol. The van der Waals surface area contributed by atoms with Gasteiger partial charge < -0.3 is 14.8 Å². The predicted molar refractivity (Wildman–Crippen MR) is 84.1 cm³/mol. The van der Waals surface area contributed by atoms with Crippen LogP contribution in [0.5, 0.6) is 5.88 Å². The van der Waals surface area contributed by atoms with Crippen molar-refractivity contribution in [1.82, 2.24) is 9.97 Å². The van der Waals surface area contributed by atoms with Crippen molar-refractivity contribution in [2.45, 2.75) is 59.0 Å². The van der Waals surface area contributed by atoms with Gasteiger partial charge in [0.05, 0.1) is 11.7 Å². The van der Waals surface area contributed by atoms with Crippen molar-refractivity contribution in [3.63, 3.8) is 0 Å². The zero-order chi connectivity index (χ0) is 15.2. The Hall–Kier alpha value is -1.36. The molecule has 1 unspecified atom stereocenters. The molecule has 5 heteroatoms. The Morgan fingerprint density at radius 3 is 2.76 bits per heavy atom. The Morgan fingerprint density at radius 2 is 2.14 bits per heavy atom. The maximum atomic E-state index is 5.94. The fourth-order valence-electron chi connectivity index (χ4n) is 2.36. The molecule has 1 N–H and O–H groups in total. The molecule has 1 aliphatic heterocycles. The van der Waals surface area contributed by atoms with Gasteiger partial charge in [-0.3, -0.25) is 0 Å². The fourth-order valence-corrected chi connectivity index (χ4v) is 2.36. The minimum absolute atomic E-state index is 0.193. The summed E-state index contributed by atoms with van der Waals surface area (Å²) in [5.74, 6) is 2.64. The first-order chi connectivity index (χ1) is 10.1. The number of nitrogens with one attached hydrogen (secondary N) is 1. The van der Waals surface area contributed by atoms with Crippen LogP contribution in [0.3, 0.4) is 0 Å². The lowest BCUT2D eigenvalue weighted by molar-refractivity contribution is -0.0121. The molecule has 2 heterocycles. The first kappa shape index (κ1) is 16.0. The van der Waals surface area contributed by atoms with Crippen LogP contribution >= 0.6 is 0 Å². The van der Waals surface area contributed by atoms with Gasteiger partial charge in [0.1, 0.15) is 18.2 Å². The highest BCUT2D eigenvalue weighted by atomic mass is 16.5. The molecule has 0 radical (unpaired) electrons. The van der Waals surface area contributed by atoms with Crippen molar-refractivity contribution < 1.29 is 9.47 Å². The summed E-state index contributed by atoms with van der Waals surface area (Å²) in [6.07, 6.45) is 3.64. The van der Waals surface area contributed by atoms with Gasteiger partial charge in [-0.2, -0.15) is 4.98 Å². The highest BCUT2D eigenvalue weighted by Crippen LogP contribution is 2.25. The number of nitrogens with zero attached hydrogens (tertiary/aromatic N) is 2. The van der Waals surface area contributed by atoms with Gasteiger partial charge in [-0.05, 0) is 33.1 Å². The van der Waals surface area contributed by atoms with Gasteiger partial charge in [-0.25, -0.2) is 4.98 Å². The molecular weight excluding hydrogens is 266 g/mol. The van der Waals surface area contributed by atoms with E-state index in [4.69, 9.17) is 9.47 Å². The van der Waals surface area contributed by atoms with Gasteiger partial charge in [0.2, 0.25) is 5.88 Å². The molecule has 0 saturated carbocycles. The summed E-state index contributed by atoms with van der Waals surface area (Å²) < 4.78 is 11.6. The van der Waals surface area contributed by atoms with E-state index < -0.39 is 0 Å². The van der Waals surface area contributed by atoms with Crippen LogP contribution in [0.15, 0.2) is 0 Å². The molecule has 0 bridgehead atoms. The number of ether oxygens (including phenoxy) is 2. The number of hydrogen-bond acceptors (Lipinski definition) is 5. The summed E-state index contributed by atoms with van der Waals surface area (Å²) in [5, 5.41) is 3.29. The van der Waals surface area contributed by atoms with Gasteiger partial charge in [0.25, 0.3) is 0 Å². The highest BCUT2D eigenvalue weighted by molar-refractivity contribution is 5.48. The SMILES string of the molecule is CCNc1nc(C(C)C)nc(OCC2CCCCO2)c1C. The van der Waals surface area contributed by atoms with Crippen LogP contribution in [-0.2, 0) is 4.74 Å². The second-order valence-corrected chi connectivity index (χ2v) is 5.85. The molecule has 1 aromatic heterocycles. The van der Waals surface area contributed by atoms with Crippen LogP contribution in [0.4, 0.5) is 5.82 Å².